The smallest absolute Gasteiger partial charge is 0.274 e. The summed E-state index contributed by atoms with van der Waals surface area (Å²) in [5, 5.41) is 7.17. The predicted octanol–water partition coefficient (Wildman–Crippen LogP) is 1.72. The fraction of sp³-hybridized carbons (Fsp3) is 0.294. The fourth-order valence-electron chi connectivity index (χ4n) is 3.03. The molecule has 2 aromatic heterocycles. The lowest BCUT2D eigenvalue weighted by Gasteiger charge is -2.09. The summed E-state index contributed by atoms with van der Waals surface area (Å²) in [4.78, 5) is 31.4. The molecular weight excluding hydrogens is 308 g/mol. The number of fused-ring (bicyclic) bond motifs is 2. The van der Waals surface area contributed by atoms with Crippen LogP contribution in [-0.2, 0) is 19.4 Å². The highest BCUT2D eigenvalue weighted by Crippen LogP contribution is 2.24. The van der Waals surface area contributed by atoms with E-state index in [-0.39, 0.29) is 18.0 Å². The van der Waals surface area contributed by atoms with Gasteiger partial charge in [0.15, 0.2) is 5.69 Å². The van der Waals surface area contributed by atoms with E-state index in [2.05, 4.69) is 20.4 Å². The standard InChI is InChI=1S/C17H16N4O3/c22-16-10-5-1-3-7-12(10)19-14(20-16)9-18-17(23)15-11-6-2-4-8-13(11)24-21-15/h1,3,5,7H,2,4,6,8-9H2,(H,18,23)(H,19,20,22). The predicted molar refractivity (Wildman–Crippen MR) is 86.7 cm³/mol. The molecule has 7 nitrogen and oxygen atoms in total. The van der Waals surface area contributed by atoms with Gasteiger partial charge in [-0.2, -0.15) is 0 Å². The van der Waals surface area contributed by atoms with E-state index in [1.807, 2.05) is 6.07 Å². The second kappa shape index (κ2) is 5.92. The number of carbonyl (C=O) groups excluding carboxylic acids is 1. The minimum atomic E-state index is -0.308. The Morgan fingerprint density at radius 1 is 1.25 bits per heavy atom. The molecule has 2 N–H and O–H groups in total. The van der Waals surface area contributed by atoms with Gasteiger partial charge in [0.25, 0.3) is 11.5 Å². The van der Waals surface area contributed by atoms with Crippen LogP contribution < -0.4 is 10.9 Å². The van der Waals surface area contributed by atoms with E-state index in [1.54, 1.807) is 18.2 Å². The maximum Gasteiger partial charge on any atom is 0.274 e. The summed E-state index contributed by atoms with van der Waals surface area (Å²) in [5.41, 5.74) is 1.62. The highest BCUT2D eigenvalue weighted by Gasteiger charge is 2.23. The van der Waals surface area contributed by atoms with E-state index in [0.717, 1.165) is 37.0 Å². The Balaban J connectivity index is 1.54. The summed E-state index contributed by atoms with van der Waals surface area (Å²) in [6.07, 6.45) is 3.74. The molecule has 4 rings (SSSR count). The minimum Gasteiger partial charge on any atom is -0.360 e. The van der Waals surface area contributed by atoms with Gasteiger partial charge in [-0.05, 0) is 31.4 Å². The molecule has 0 bridgehead atoms. The topological polar surface area (TPSA) is 101 Å². The number of nitrogens with one attached hydrogen (secondary N) is 2. The van der Waals surface area contributed by atoms with Crippen LogP contribution in [0.15, 0.2) is 33.6 Å². The van der Waals surface area contributed by atoms with Crippen molar-refractivity contribution in [1.82, 2.24) is 20.4 Å². The number of amides is 1. The first-order chi connectivity index (χ1) is 11.7. The van der Waals surface area contributed by atoms with Gasteiger partial charge in [-0.1, -0.05) is 17.3 Å². The van der Waals surface area contributed by atoms with Crippen molar-refractivity contribution in [2.75, 3.05) is 0 Å². The van der Waals surface area contributed by atoms with Crippen LogP contribution in [0.25, 0.3) is 10.9 Å². The average Bonchev–Trinajstić information content (AvgIpc) is 3.04. The lowest BCUT2D eigenvalue weighted by molar-refractivity contribution is 0.0940. The van der Waals surface area contributed by atoms with E-state index in [9.17, 15) is 9.59 Å². The maximum absolute atomic E-state index is 12.3. The number of hydrogen-bond donors (Lipinski definition) is 2. The van der Waals surface area contributed by atoms with E-state index in [0.29, 0.717) is 22.4 Å². The number of rotatable bonds is 3. The molecule has 0 saturated heterocycles. The first kappa shape index (κ1) is 14.6. The Hall–Kier alpha value is -2.96. The normalized spacial score (nSPS) is 13.7. The van der Waals surface area contributed by atoms with Crippen molar-refractivity contribution in [2.45, 2.75) is 32.2 Å². The summed E-state index contributed by atoms with van der Waals surface area (Å²) in [5.74, 6) is 0.908. The van der Waals surface area contributed by atoms with E-state index >= 15 is 0 Å². The molecule has 0 radical (unpaired) electrons. The summed E-state index contributed by atoms with van der Waals surface area (Å²) >= 11 is 0. The number of carbonyl (C=O) groups is 1. The van der Waals surface area contributed by atoms with Crippen LogP contribution in [0.4, 0.5) is 0 Å². The molecule has 3 aromatic rings. The molecule has 0 aliphatic heterocycles. The van der Waals surface area contributed by atoms with Crippen LogP contribution in [0.5, 0.6) is 0 Å². The number of aromatic amines is 1. The largest absolute Gasteiger partial charge is 0.360 e. The van der Waals surface area contributed by atoms with Crippen molar-refractivity contribution in [3.8, 4) is 0 Å². The second-order valence-electron chi connectivity index (χ2n) is 5.85. The molecule has 1 aromatic carbocycles. The van der Waals surface area contributed by atoms with Crippen LogP contribution >= 0.6 is 0 Å². The number of H-pyrrole nitrogens is 1. The van der Waals surface area contributed by atoms with Crippen molar-refractivity contribution in [1.29, 1.82) is 0 Å². The van der Waals surface area contributed by atoms with Crippen molar-refractivity contribution in [3.05, 3.63) is 57.5 Å². The SMILES string of the molecule is O=C(NCc1nc2ccccc2c(=O)[nH]1)c1noc2c1CCCC2. The monoisotopic (exact) mass is 324 g/mol. The van der Waals surface area contributed by atoms with Gasteiger partial charge in [-0.25, -0.2) is 4.98 Å². The van der Waals surface area contributed by atoms with Gasteiger partial charge in [-0.15, -0.1) is 0 Å². The summed E-state index contributed by atoms with van der Waals surface area (Å²) in [6, 6.07) is 7.09. The summed E-state index contributed by atoms with van der Waals surface area (Å²) < 4.78 is 5.25. The fourth-order valence-corrected chi connectivity index (χ4v) is 3.03. The third kappa shape index (κ3) is 2.58. The molecular formula is C17H16N4O3. The third-order valence-corrected chi connectivity index (χ3v) is 4.24. The Bertz CT molecular complexity index is 973. The number of para-hydroxylation sites is 1. The van der Waals surface area contributed by atoms with Crippen LogP contribution in [0.3, 0.4) is 0 Å². The molecule has 24 heavy (non-hydrogen) atoms. The van der Waals surface area contributed by atoms with Crippen molar-refractivity contribution in [2.24, 2.45) is 0 Å². The van der Waals surface area contributed by atoms with Crippen LogP contribution in [0.1, 0.15) is 40.5 Å². The zero-order valence-electron chi connectivity index (χ0n) is 13.0. The van der Waals surface area contributed by atoms with Gasteiger partial charge >= 0.3 is 0 Å². The number of benzene rings is 1. The van der Waals surface area contributed by atoms with E-state index in [4.69, 9.17) is 4.52 Å². The van der Waals surface area contributed by atoms with Gasteiger partial charge in [0, 0.05) is 12.0 Å². The molecule has 7 heteroatoms. The van der Waals surface area contributed by atoms with Gasteiger partial charge < -0.3 is 14.8 Å². The molecule has 0 atom stereocenters. The Morgan fingerprint density at radius 3 is 3.00 bits per heavy atom. The molecule has 122 valence electrons. The molecule has 0 fully saturated rings. The van der Waals surface area contributed by atoms with Gasteiger partial charge in [0.2, 0.25) is 0 Å². The molecule has 0 saturated carbocycles. The van der Waals surface area contributed by atoms with Crippen LogP contribution in [0, 0.1) is 0 Å². The first-order valence-electron chi connectivity index (χ1n) is 7.96. The highest BCUT2D eigenvalue weighted by atomic mass is 16.5. The first-order valence-corrected chi connectivity index (χ1v) is 7.96. The molecule has 1 amide bonds. The lowest BCUT2D eigenvalue weighted by Crippen LogP contribution is -2.27. The zero-order chi connectivity index (χ0) is 16.5. The number of aryl methyl sites for hydroxylation is 1. The molecule has 2 heterocycles. The molecule has 0 spiro atoms. The van der Waals surface area contributed by atoms with E-state index in [1.165, 1.54) is 0 Å². The second-order valence-corrected chi connectivity index (χ2v) is 5.85. The number of aromatic nitrogens is 3. The molecule has 1 aliphatic rings. The van der Waals surface area contributed by atoms with Crippen LogP contribution in [0.2, 0.25) is 0 Å². The Kier molecular flexibility index (Phi) is 3.60. The van der Waals surface area contributed by atoms with Crippen molar-refractivity contribution in [3.63, 3.8) is 0 Å². The maximum atomic E-state index is 12.3. The van der Waals surface area contributed by atoms with Crippen molar-refractivity contribution < 1.29 is 9.32 Å². The number of nitrogens with zero attached hydrogens (tertiary/aromatic N) is 2. The van der Waals surface area contributed by atoms with Crippen molar-refractivity contribution >= 4 is 16.8 Å². The Morgan fingerprint density at radius 2 is 2.08 bits per heavy atom. The van der Waals surface area contributed by atoms with Gasteiger partial charge in [-0.3, -0.25) is 9.59 Å². The summed E-state index contributed by atoms with van der Waals surface area (Å²) in [6.45, 7) is 0.126. The third-order valence-electron chi connectivity index (χ3n) is 4.24. The quantitative estimate of drug-likeness (QED) is 0.764. The molecule has 1 aliphatic carbocycles. The van der Waals surface area contributed by atoms with E-state index < -0.39 is 0 Å². The lowest BCUT2D eigenvalue weighted by atomic mass is 9.96. The van der Waals surface area contributed by atoms with Gasteiger partial charge in [0.05, 0.1) is 17.4 Å². The Labute approximate surface area is 137 Å². The highest BCUT2D eigenvalue weighted by molar-refractivity contribution is 5.93. The summed E-state index contributed by atoms with van der Waals surface area (Å²) in [7, 11) is 0. The average molecular weight is 324 g/mol. The minimum absolute atomic E-state index is 0.126. The molecule has 0 unspecified atom stereocenters. The number of hydrogen-bond acceptors (Lipinski definition) is 5. The van der Waals surface area contributed by atoms with Crippen LogP contribution in [-0.4, -0.2) is 21.0 Å². The van der Waals surface area contributed by atoms with Gasteiger partial charge in [0.1, 0.15) is 11.6 Å². The zero-order valence-corrected chi connectivity index (χ0v) is 13.0.